The fourth-order valence-corrected chi connectivity index (χ4v) is 1.80. The molecule has 0 unspecified atom stereocenters. The van der Waals surface area contributed by atoms with Crippen molar-refractivity contribution in [1.29, 1.82) is 0 Å². The predicted octanol–water partition coefficient (Wildman–Crippen LogP) is 1.92. The maximum Gasteiger partial charge on any atom is 0.0775 e. The molecule has 0 aromatic heterocycles. The first kappa shape index (κ1) is 8.73. The van der Waals surface area contributed by atoms with Crippen LogP contribution in [-0.2, 0) is 10.3 Å². The molecule has 13 heavy (non-hydrogen) atoms. The molecule has 1 aromatic carbocycles. The van der Waals surface area contributed by atoms with E-state index in [9.17, 15) is 0 Å². The second-order valence-electron chi connectivity index (χ2n) is 3.96. The summed E-state index contributed by atoms with van der Waals surface area (Å²) in [6.07, 6.45) is 2.40. The van der Waals surface area contributed by atoms with Crippen molar-refractivity contribution in [3.63, 3.8) is 0 Å². The van der Waals surface area contributed by atoms with E-state index >= 15 is 0 Å². The quantitative estimate of drug-likeness (QED) is 0.716. The Morgan fingerprint density at radius 1 is 1.46 bits per heavy atom. The Morgan fingerprint density at radius 2 is 2.23 bits per heavy atom. The molecule has 0 heterocycles. The molecule has 0 amide bonds. The first-order chi connectivity index (χ1) is 6.27. The van der Waals surface area contributed by atoms with Gasteiger partial charge in [0.2, 0.25) is 0 Å². The largest absolute Gasteiger partial charge is 0.304 e. The van der Waals surface area contributed by atoms with Crippen LogP contribution in [0.5, 0.6) is 0 Å². The van der Waals surface area contributed by atoms with Crippen LogP contribution in [0.25, 0.3) is 0 Å². The number of nitrogens with two attached hydrogens (primary N) is 1. The van der Waals surface area contributed by atoms with Crippen molar-refractivity contribution in [1.82, 2.24) is 0 Å². The average Bonchev–Trinajstić information content (AvgIpc) is 2.86. The summed E-state index contributed by atoms with van der Waals surface area (Å²) in [7, 11) is 0. The lowest BCUT2D eigenvalue weighted by atomic mass is 9.96. The Kier molecular flexibility index (Phi) is 2.10. The van der Waals surface area contributed by atoms with Crippen LogP contribution in [0.1, 0.15) is 24.0 Å². The molecule has 2 nitrogen and oxygen atoms in total. The summed E-state index contributed by atoms with van der Waals surface area (Å²) in [5.41, 5.74) is 2.92. The van der Waals surface area contributed by atoms with E-state index in [2.05, 4.69) is 31.2 Å². The van der Waals surface area contributed by atoms with Crippen LogP contribution in [0.4, 0.5) is 0 Å². The van der Waals surface area contributed by atoms with Crippen LogP contribution in [0, 0.1) is 6.92 Å². The lowest BCUT2D eigenvalue weighted by Crippen LogP contribution is -2.18. The normalized spacial score (nSPS) is 18.6. The Morgan fingerprint density at radius 3 is 2.77 bits per heavy atom. The third kappa shape index (κ3) is 1.60. The van der Waals surface area contributed by atoms with E-state index in [0.29, 0.717) is 6.61 Å². The molecule has 1 aliphatic carbocycles. The van der Waals surface area contributed by atoms with E-state index < -0.39 is 0 Å². The van der Waals surface area contributed by atoms with Gasteiger partial charge in [-0.1, -0.05) is 29.8 Å². The number of aryl methyl sites for hydroxylation is 1. The van der Waals surface area contributed by atoms with E-state index in [4.69, 9.17) is 10.7 Å². The van der Waals surface area contributed by atoms with Crippen LogP contribution >= 0.6 is 0 Å². The van der Waals surface area contributed by atoms with Gasteiger partial charge < -0.3 is 4.84 Å². The van der Waals surface area contributed by atoms with Crippen molar-refractivity contribution >= 4 is 0 Å². The van der Waals surface area contributed by atoms with Gasteiger partial charge in [0.25, 0.3) is 0 Å². The second-order valence-corrected chi connectivity index (χ2v) is 3.96. The van der Waals surface area contributed by atoms with Gasteiger partial charge in [0.15, 0.2) is 0 Å². The van der Waals surface area contributed by atoms with Gasteiger partial charge in [-0.25, -0.2) is 5.90 Å². The van der Waals surface area contributed by atoms with Crippen molar-refractivity contribution in [2.75, 3.05) is 6.61 Å². The fraction of sp³-hybridized carbons (Fsp3) is 0.455. The third-order valence-corrected chi connectivity index (χ3v) is 2.84. The smallest absolute Gasteiger partial charge is 0.0775 e. The molecule has 0 spiro atoms. The van der Waals surface area contributed by atoms with E-state index in [1.165, 1.54) is 24.0 Å². The molecule has 2 heteroatoms. The number of rotatable bonds is 3. The summed E-state index contributed by atoms with van der Waals surface area (Å²) in [6.45, 7) is 2.76. The molecule has 1 aromatic rings. The summed E-state index contributed by atoms with van der Waals surface area (Å²) in [5, 5.41) is 0. The van der Waals surface area contributed by atoms with Gasteiger partial charge in [-0.3, -0.25) is 0 Å². The lowest BCUT2D eigenvalue weighted by molar-refractivity contribution is 0.116. The van der Waals surface area contributed by atoms with Crippen molar-refractivity contribution in [3.05, 3.63) is 35.4 Å². The Labute approximate surface area is 78.7 Å². The number of hydrogen-bond acceptors (Lipinski definition) is 2. The summed E-state index contributed by atoms with van der Waals surface area (Å²) < 4.78 is 0. The van der Waals surface area contributed by atoms with Crippen molar-refractivity contribution in [3.8, 4) is 0 Å². The molecule has 0 radical (unpaired) electrons. The molecule has 1 saturated carbocycles. The Hall–Kier alpha value is -0.860. The van der Waals surface area contributed by atoms with Crippen LogP contribution in [0.15, 0.2) is 24.3 Å². The molecule has 0 aliphatic heterocycles. The maximum atomic E-state index is 5.13. The highest BCUT2D eigenvalue weighted by molar-refractivity contribution is 5.34. The summed E-state index contributed by atoms with van der Waals surface area (Å²) in [5.74, 6) is 5.13. The average molecular weight is 177 g/mol. The highest BCUT2D eigenvalue weighted by atomic mass is 16.6. The number of benzene rings is 1. The van der Waals surface area contributed by atoms with Crippen molar-refractivity contribution in [2.45, 2.75) is 25.2 Å². The van der Waals surface area contributed by atoms with E-state index in [0.717, 1.165) is 0 Å². The maximum absolute atomic E-state index is 5.13. The van der Waals surface area contributed by atoms with Crippen LogP contribution in [0.2, 0.25) is 0 Å². The van der Waals surface area contributed by atoms with Gasteiger partial charge in [-0.2, -0.15) is 0 Å². The first-order valence-corrected chi connectivity index (χ1v) is 4.66. The molecule has 2 N–H and O–H groups in total. The number of hydrogen-bond donors (Lipinski definition) is 1. The van der Waals surface area contributed by atoms with E-state index in [1.807, 2.05) is 0 Å². The van der Waals surface area contributed by atoms with Gasteiger partial charge in [-0.05, 0) is 25.3 Å². The molecule has 70 valence electrons. The van der Waals surface area contributed by atoms with Crippen LogP contribution in [-0.4, -0.2) is 6.61 Å². The molecular weight excluding hydrogens is 162 g/mol. The summed E-state index contributed by atoms with van der Waals surface area (Å²) in [4.78, 5) is 4.76. The van der Waals surface area contributed by atoms with Gasteiger partial charge in [0.1, 0.15) is 0 Å². The third-order valence-electron chi connectivity index (χ3n) is 2.84. The molecule has 1 aliphatic rings. The zero-order valence-corrected chi connectivity index (χ0v) is 7.92. The Bertz CT molecular complexity index is 305. The van der Waals surface area contributed by atoms with Gasteiger partial charge in [0, 0.05) is 5.41 Å². The topological polar surface area (TPSA) is 35.2 Å². The fourth-order valence-electron chi connectivity index (χ4n) is 1.80. The van der Waals surface area contributed by atoms with Gasteiger partial charge in [-0.15, -0.1) is 0 Å². The molecule has 1 fully saturated rings. The monoisotopic (exact) mass is 177 g/mol. The minimum atomic E-state index is 0.237. The second kappa shape index (κ2) is 3.13. The predicted molar refractivity (Wildman–Crippen MR) is 52.2 cm³/mol. The van der Waals surface area contributed by atoms with Gasteiger partial charge in [0.05, 0.1) is 6.61 Å². The van der Waals surface area contributed by atoms with Gasteiger partial charge >= 0.3 is 0 Å². The van der Waals surface area contributed by atoms with Crippen molar-refractivity contribution in [2.24, 2.45) is 5.90 Å². The molecule has 0 saturated heterocycles. The zero-order valence-electron chi connectivity index (χ0n) is 7.92. The Balaban J connectivity index is 2.25. The van der Waals surface area contributed by atoms with Crippen LogP contribution in [0.3, 0.4) is 0 Å². The minimum absolute atomic E-state index is 0.237. The zero-order chi connectivity index (χ0) is 9.31. The molecular formula is C11H15NO. The SMILES string of the molecule is Cc1cccc(C2(CON)CC2)c1. The lowest BCUT2D eigenvalue weighted by Gasteiger charge is -2.14. The highest BCUT2D eigenvalue weighted by Crippen LogP contribution is 2.48. The van der Waals surface area contributed by atoms with Crippen LogP contribution < -0.4 is 5.90 Å². The first-order valence-electron chi connectivity index (χ1n) is 4.66. The van der Waals surface area contributed by atoms with E-state index in [-0.39, 0.29) is 5.41 Å². The highest BCUT2D eigenvalue weighted by Gasteiger charge is 2.44. The minimum Gasteiger partial charge on any atom is -0.304 e. The molecule has 0 bridgehead atoms. The summed E-state index contributed by atoms with van der Waals surface area (Å²) >= 11 is 0. The summed E-state index contributed by atoms with van der Waals surface area (Å²) in [6, 6.07) is 8.61. The standard InChI is InChI=1S/C11H15NO/c1-9-3-2-4-10(7-9)11(5-6-11)8-13-12/h2-4,7H,5-6,8,12H2,1H3. The molecule has 2 rings (SSSR count). The molecule has 0 atom stereocenters. The van der Waals surface area contributed by atoms with E-state index in [1.54, 1.807) is 0 Å². The van der Waals surface area contributed by atoms with Crippen molar-refractivity contribution < 1.29 is 4.84 Å².